The summed E-state index contributed by atoms with van der Waals surface area (Å²) in [5, 5.41) is 0. The quantitative estimate of drug-likeness (QED) is 0.240. The first-order chi connectivity index (χ1) is 22.9. The van der Waals surface area contributed by atoms with Crippen LogP contribution in [0.1, 0.15) is 51.9 Å². The van der Waals surface area contributed by atoms with Crippen molar-refractivity contribution in [1.29, 1.82) is 0 Å². The van der Waals surface area contributed by atoms with Gasteiger partial charge < -0.3 is 9.80 Å². The SMILES string of the molecule is O=C(c1cc(C(F)(F)F)cc(C(F)(F)F)c1)N1CCC(CN2CCN(C3CCN(Cc4ccccc4)C3)CC2)CC1Cc1ccccc1. The van der Waals surface area contributed by atoms with Gasteiger partial charge in [0.15, 0.2) is 0 Å². The second kappa shape index (κ2) is 14.6. The molecule has 0 bridgehead atoms. The molecule has 0 aromatic heterocycles. The fourth-order valence-corrected chi connectivity index (χ4v) is 7.66. The van der Waals surface area contributed by atoms with Gasteiger partial charge in [0.1, 0.15) is 0 Å². The summed E-state index contributed by atoms with van der Waals surface area (Å²) < 4.78 is 81.5. The Kier molecular flexibility index (Phi) is 10.5. The van der Waals surface area contributed by atoms with Gasteiger partial charge in [-0.2, -0.15) is 26.3 Å². The third kappa shape index (κ3) is 8.59. The second-order valence-electron chi connectivity index (χ2n) is 13.5. The van der Waals surface area contributed by atoms with Gasteiger partial charge in [-0.1, -0.05) is 60.7 Å². The Labute approximate surface area is 278 Å². The summed E-state index contributed by atoms with van der Waals surface area (Å²) in [6.07, 6.45) is -7.13. The van der Waals surface area contributed by atoms with Crippen molar-refractivity contribution < 1.29 is 31.1 Å². The molecule has 3 fully saturated rings. The Hall–Kier alpha value is -3.41. The second-order valence-corrected chi connectivity index (χ2v) is 13.5. The molecule has 3 aromatic carbocycles. The van der Waals surface area contributed by atoms with Crippen LogP contribution in [0, 0.1) is 5.92 Å². The van der Waals surface area contributed by atoms with E-state index in [1.54, 1.807) is 0 Å². The lowest BCUT2D eigenvalue weighted by Crippen LogP contribution is -2.53. The topological polar surface area (TPSA) is 30.0 Å². The van der Waals surface area contributed by atoms with Gasteiger partial charge in [-0.3, -0.25) is 14.6 Å². The van der Waals surface area contributed by atoms with Crippen LogP contribution in [0.2, 0.25) is 0 Å². The van der Waals surface area contributed by atoms with Crippen molar-refractivity contribution in [3.8, 4) is 0 Å². The van der Waals surface area contributed by atoms with Crippen LogP contribution < -0.4 is 0 Å². The number of likely N-dealkylation sites (tertiary alicyclic amines) is 2. The van der Waals surface area contributed by atoms with Gasteiger partial charge in [-0.05, 0) is 60.9 Å². The number of alkyl halides is 6. The lowest BCUT2D eigenvalue weighted by Gasteiger charge is -2.43. The number of piperazine rings is 1. The van der Waals surface area contributed by atoms with Crippen LogP contribution in [-0.4, -0.2) is 89.9 Å². The molecule has 48 heavy (non-hydrogen) atoms. The Morgan fingerprint density at radius 1 is 0.688 bits per heavy atom. The molecule has 0 aliphatic carbocycles. The zero-order valence-corrected chi connectivity index (χ0v) is 26.9. The van der Waals surface area contributed by atoms with Crippen LogP contribution in [0.4, 0.5) is 26.3 Å². The number of benzene rings is 3. The number of hydrogen-bond donors (Lipinski definition) is 0. The predicted molar refractivity (Wildman–Crippen MR) is 172 cm³/mol. The number of piperidine rings is 1. The summed E-state index contributed by atoms with van der Waals surface area (Å²) in [5.74, 6) is -0.535. The van der Waals surface area contributed by atoms with Gasteiger partial charge in [-0.15, -0.1) is 0 Å². The summed E-state index contributed by atoms with van der Waals surface area (Å²) in [6, 6.07) is 21.4. The van der Waals surface area contributed by atoms with E-state index in [-0.39, 0.29) is 24.6 Å². The molecule has 5 nitrogen and oxygen atoms in total. The third-order valence-electron chi connectivity index (χ3n) is 10.2. The number of carbonyl (C=O) groups is 1. The first kappa shape index (κ1) is 34.5. The summed E-state index contributed by atoms with van der Waals surface area (Å²) in [5.41, 5.74) is -1.24. The fraction of sp³-hybridized carbons (Fsp3) is 0.486. The van der Waals surface area contributed by atoms with Crippen molar-refractivity contribution in [1.82, 2.24) is 19.6 Å². The average molecular weight is 673 g/mol. The minimum absolute atomic E-state index is 0.0671. The molecule has 0 N–H and O–H groups in total. The van der Waals surface area contributed by atoms with E-state index in [9.17, 15) is 31.1 Å². The molecule has 0 radical (unpaired) electrons. The van der Waals surface area contributed by atoms with Gasteiger partial charge >= 0.3 is 12.4 Å². The lowest BCUT2D eigenvalue weighted by molar-refractivity contribution is -0.143. The molecule has 3 aromatic rings. The monoisotopic (exact) mass is 672 g/mol. The highest BCUT2D eigenvalue weighted by Crippen LogP contribution is 2.37. The number of hydrogen-bond acceptors (Lipinski definition) is 4. The third-order valence-corrected chi connectivity index (χ3v) is 10.2. The highest BCUT2D eigenvalue weighted by molar-refractivity contribution is 5.95. The van der Waals surface area contributed by atoms with Crippen molar-refractivity contribution >= 4 is 5.91 Å². The van der Waals surface area contributed by atoms with E-state index in [1.165, 1.54) is 10.5 Å². The van der Waals surface area contributed by atoms with Crippen LogP contribution >= 0.6 is 0 Å². The zero-order valence-electron chi connectivity index (χ0n) is 26.9. The molecular weight excluding hydrogens is 630 g/mol. The number of carbonyl (C=O) groups excluding carboxylic acids is 1. The molecule has 3 atom stereocenters. The van der Waals surface area contributed by atoms with E-state index >= 15 is 0 Å². The van der Waals surface area contributed by atoms with Crippen LogP contribution in [0.3, 0.4) is 0 Å². The fourth-order valence-electron chi connectivity index (χ4n) is 7.66. The van der Waals surface area contributed by atoms with E-state index < -0.39 is 35.0 Å². The lowest BCUT2D eigenvalue weighted by atomic mass is 9.86. The minimum atomic E-state index is -5.02. The van der Waals surface area contributed by atoms with Gasteiger partial charge in [0.25, 0.3) is 5.91 Å². The summed E-state index contributed by atoms with van der Waals surface area (Å²) >= 11 is 0. The number of rotatable bonds is 8. The highest BCUT2D eigenvalue weighted by Gasteiger charge is 2.40. The minimum Gasteiger partial charge on any atom is -0.335 e. The van der Waals surface area contributed by atoms with Gasteiger partial charge in [-0.25, -0.2) is 0 Å². The molecule has 3 heterocycles. The largest absolute Gasteiger partial charge is 0.416 e. The molecule has 3 aliphatic rings. The van der Waals surface area contributed by atoms with Gasteiger partial charge in [0.2, 0.25) is 0 Å². The van der Waals surface area contributed by atoms with Crippen molar-refractivity contribution in [2.45, 2.75) is 56.7 Å². The molecule has 11 heteroatoms. The number of nitrogens with zero attached hydrogens (tertiary/aromatic N) is 4. The van der Waals surface area contributed by atoms with Crippen molar-refractivity contribution in [3.05, 3.63) is 107 Å². The van der Waals surface area contributed by atoms with E-state index in [0.717, 1.165) is 64.3 Å². The Bertz CT molecular complexity index is 1480. The van der Waals surface area contributed by atoms with Crippen LogP contribution in [0.25, 0.3) is 0 Å². The summed E-state index contributed by atoms with van der Waals surface area (Å²) in [6.45, 7) is 8.14. The Balaban J connectivity index is 1.09. The maximum absolute atomic E-state index is 13.7. The van der Waals surface area contributed by atoms with E-state index in [1.807, 2.05) is 36.4 Å². The first-order valence-corrected chi connectivity index (χ1v) is 16.8. The molecule has 3 unspecified atom stereocenters. The molecule has 0 saturated carbocycles. The maximum Gasteiger partial charge on any atom is 0.416 e. The summed E-state index contributed by atoms with van der Waals surface area (Å²) in [4.78, 5) is 22.8. The first-order valence-electron chi connectivity index (χ1n) is 16.8. The number of amides is 1. The van der Waals surface area contributed by atoms with E-state index in [4.69, 9.17) is 0 Å². The van der Waals surface area contributed by atoms with Crippen molar-refractivity contribution in [2.75, 3.05) is 52.4 Å². The summed E-state index contributed by atoms with van der Waals surface area (Å²) in [7, 11) is 0. The molecule has 6 rings (SSSR count). The molecular formula is C37H42F6N4O. The molecule has 258 valence electrons. The standard InChI is InChI=1S/C37H42F6N4O/c38-36(39,40)31-21-30(22-32(23-31)37(41,42)43)35(48)47-14-11-29(20-34(47)19-27-7-3-1-4-8-27)25-44-15-17-46(18-16-44)33-12-13-45(26-33)24-28-9-5-2-6-10-28/h1-10,21-23,29,33-34H,11-20,24-26H2. The van der Waals surface area contributed by atoms with Crippen molar-refractivity contribution in [2.24, 2.45) is 5.92 Å². The Morgan fingerprint density at radius 2 is 1.29 bits per heavy atom. The van der Waals surface area contributed by atoms with Gasteiger partial charge in [0.05, 0.1) is 11.1 Å². The Morgan fingerprint density at radius 3 is 1.90 bits per heavy atom. The molecule has 0 spiro atoms. The zero-order chi connectivity index (χ0) is 33.9. The normalized spacial score (nSPS) is 23.5. The van der Waals surface area contributed by atoms with E-state index in [2.05, 4.69) is 39.0 Å². The molecule has 3 saturated heterocycles. The maximum atomic E-state index is 13.7. The molecule has 3 aliphatic heterocycles. The average Bonchev–Trinajstić information content (AvgIpc) is 3.53. The van der Waals surface area contributed by atoms with Gasteiger partial charge in [0, 0.05) is 76.5 Å². The van der Waals surface area contributed by atoms with Crippen LogP contribution in [-0.2, 0) is 25.3 Å². The predicted octanol–water partition coefficient (Wildman–Crippen LogP) is 7.08. The number of halogens is 6. The van der Waals surface area contributed by atoms with Crippen LogP contribution in [0.5, 0.6) is 0 Å². The molecule has 1 amide bonds. The highest BCUT2D eigenvalue weighted by atomic mass is 19.4. The smallest absolute Gasteiger partial charge is 0.335 e. The van der Waals surface area contributed by atoms with Crippen LogP contribution in [0.15, 0.2) is 78.9 Å². The van der Waals surface area contributed by atoms with E-state index in [0.29, 0.717) is 37.4 Å². The van der Waals surface area contributed by atoms with Crippen molar-refractivity contribution in [3.63, 3.8) is 0 Å².